The molecule has 4 nitrogen and oxygen atoms in total. The molecule has 0 radical (unpaired) electrons. The van der Waals surface area contributed by atoms with Crippen LogP contribution in [0.4, 0.5) is 4.39 Å². The molecule has 146 valence electrons. The Balaban J connectivity index is 0.00000136. The van der Waals surface area contributed by atoms with Gasteiger partial charge < -0.3 is 10.1 Å². The summed E-state index contributed by atoms with van der Waals surface area (Å²) in [5, 5.41) is 2.82. The van der Waals surface area contributed by atoms with E-state index in [1.807, 2.05) is 50.2 Å². The normalized spacial score (nSPS) is 9.82. The average Bonchev–Trinajstić information content (AvgIpc) is 2.73. The van der Waals surface area contributed by atoms with Crippen LogP contribution in [0.25, 0.3) is 0 Å². The third-order valence-corrected chi connectivity index (χ3v) is 3.77. The molecule has 0 bridgehead atoms. The fourth-order valence-corrected chi connectivity index (χ4v) is 2.47. The maximum Gasteiger partial charge on any atom is 0.224 e. The van der Waals surface area contributed by atoms with Crippen LogP contribution in [0.3, 0.4) is 0 Å². The number of carbonyl (C=O) groups excluding carboxylic acids is 1. The molecule has 0 fully saturated rings. The molecule has 1 heterocycles. The molecule has 1 N–H and O–H groups in total. The van der Waals surface area contributed by atoms with E-state index >= 15 is 0 Å². The Bertz CT molecular complexity index is 869. The Morgan fingerprint density at radius 3 is 2.46 bits per heavy atom. The molecule has 5 heteroatoms. The van der Waals surface area contributed by atoms with Crippen molar-refractivity contribution in [1.29, 1.82) is 0 Å². The van der Waals surface area contributed by atoms with E-state index in [9.17, 15) is 9.18 Å². The molecular formula is C23H25FN2O2. The van der Waals surface area contributed by atoms with E-state index in [0.717, 1.165) is 11.1 Å². The number of hydrogen-bond acceptors (Lipinski definition) is 3. The van der Waals surface area contributed by atoms with E-state index in [0.29, 0.717) is 24.6 Å². The lowest BCUT2D eigenvalue weighted by atomic mass is 10.1. The second-order valence-electron chi connectivity index (χ2n) is 5.86. The molecule has 0 saturated carbocycles. The lowest BCUT2D eigenvalue weighted by Gasteiger charge is -2.08. The van der Waals surface area contributed by atoms with Crippen molar-refractivity contribution < 1.29 is 13.9 Å². The largest absolute Gasteiger partial charge is 0.473 e. The number of halogens is 1. The van der Waals surface area contributed by atoms with Gasteiger partial charge in [-0.15, -0.1) is 0 Å². The van der Waals surface area contributed by atoms with Gasteiger partial charge >= 0.3 is 0 Å². The molecule has 0 aliphatic rings. The van der Waals surface area contributed by atoms with Gasteiger partial charge in [0, 0.05) is 18.8 Å². The lowest BCUT2D eigenvalue weighted by molar-refractivity contribution is -0.120. The first-order chi connectivity index (χ1) is 13.7. The fraction of sp³-hybridized carbons (Fsp3) is 0.217. The van der Waals surface area contributed by atoms with Gasteiger partial charge in [0.1, 0.15) is 12.4 Å². The van der Waals surface area contributed by atoms with Gasteiger partial charge in [-0.3, -0.25) is 4.79 Å². The van der Waals surface area contributed by atoms with Crippen molar-refractivity contribution in [3.05, 3.63) is 95.4 Å². The van der Waals surface area contributed by atoms with Gasteiger partial charge in [0.25, 0.3) is 0 Å². The topological polar surface area (TPSA) is 51.2 Å². The number of benzene rings is 2. The van der Waals surface area contributed by atoms with Crippen molar-refractivity contribution in [3.8, 4) is 5.88 Å². The number of nitrogens with zero attached hydrogens (tertiary/aromatic N) is 1. The standard InChI is InChI=1S/C21H19FN2O2.C2H6/c22-19-8-4-7-17(11-19)12-20(25)24-14-18-9-10-23-21(13-18)26-15-16-5-2-1-3-6-16;1-2/h1-11,13H,12,14-15H2,(H,24,25);1-2H3. The van der Waals surface area contributed by atoms with Crippen molar-refractivity contribution >= 4 is 5.91 Å². The number of amides is 1. The lowest BCUT2D eigenvalue weighted by Crippen LogP contribution is -2.24. The summed E-state index contributed by atoms with van der Waals surface area (Å²) in [7, 11) is 0. The Hall–Kier alpha value is -3.21. The van der Waals surface area contributed by atoms with E-state index in [1.54, 1.807) is 24.4 Å². The van der Waals surface area contributed by atoms with Crippen LogP contribution in [0.1, 0.15) is 30.5 Å². The molecule has 2 aromatic carbocycles. The molecule has 3 aromatic rings. The Morgan fingerprint density at radius 2 is 1.71 bits per heavy atom. The molecular weight excluding hydrogens is 355 g/mol. The zero-order valence-corrected chi connectivity index (χ0v) is 16.2. The highest BCUT2D eigenvalue weighted by Crippen LogP contribution is 2.12. The summed E-state index contributed by atoms with van der Waals surface area (Å²) in [5.41, 5.74) is 2.59. The van der Waals surface area contributed by atoms with Gasteiger partial charge in [0.2, 0.25) is 11.8 Å². The summed E-state index contributed by atoms with van der Waals surface area (Å²) in [5.74, 6) is -0.00506. The van der Waals surface area contributed by atoms with E-state index in [1.165, 1.54) is 12.1 Å². The van der Waals surface area contributed by atoms with Crippen LogP contribution in [-0.2, 0) is 24.4 Å². The van der Waals surface area contributed by atoms with Crippen molar-refractivity contribution in [2.75, 3.05) is 0 Å². The first kappa shape index (κ1) is 21.1. The van der Waals surface area contributed by atoms with Crippen LogP contribution in [0.5, 0.6) is 5.88 Å². The van der Waals surface area contributed by atoms with Crippen LogP contribution in [-0.4, -0.2) is 10.9 Å². The molecule has 0 unspecified atom stereocenters. The van der Waals surface area contributed by atoms with Gasteiger partial charge in [0.05, 0.1) is 6.42 Å². The van der Waals surface area contributed by atoms with Gasteiger partial charge in [0.15, 0.2) is 0 Å². The molecule has 0 aliphatic carbocycles. The summed E-state index contributed by atoms with van der Waals surface area (Å²) in [6.07, 6.45) is 1.79. The Morgan fingerprint density at radius 1 is 0.964 bits per heavy atom. The first-order valence-electron chi connectivity index (χ1n) is 9.32. The second kappa shape index (κ2) is 11.5. The number of carbonyl (C=O) groups is 1. The summed E-state index contributed by atoms with van der Waals surface area (Å²) in [4.78, 5) is 16.2. The van der Waals surface area contributed by atoms with Gasteiger partial charge in [-0.2, -0.15) is 0 Å². The fourth-order valence-electron chi connectivity index (χ4n) is 2.47. The monoisotopic (exact) mass is 380 g/mol. The molecule has 3 rings (SSSR count). The SMILES string of the molecule is CC.O=C(Cc1cccc(F)c1)NCc1ccnc(OCc2ccccc2)c1. The molecule has 0 spiro atoms. The van der Waals surface area contributed by atoms with Crippen LogP contribution in [0, 0.1) is 5.82 Å². The highest BCUT2D eigenvalue weighted by molar-refractivity contribution is 5.78. The number of hydrogen-bond donors (Lipinski definition) is 1. The van der Waals surface area contributed by atoms with Gasteiger partial charge in [-0.05, 0) is 34.9 Å². The number of aromatic nitrogens is 1. The Kier molecular flexibility index (Phi) is 8.66. The van der Waals surface area contributed by atoms with Crippen molar-refractivity contribution in [2.24, 2.45) is 0 Å². The van der Waals surface area contributed by atoms with E-state index in [4.69, 9.17) is 4.74 Å². The molecule has 0 saturated heterocycles. The van der Waals surface area contributed by atoms with Crippen molar-refractivity contribution in [1.82, 2.24) is 10.3 Å². The predicted molar refractivity (Wildman–Crippen MR) is 108 cm³/mol. The van der Waals surface area contributed by atoms with Crippen molar-refractivity contribution in [3.63, 3.8) is 0 Å². The summed E-state index contributed by atoms with van der Waals surface area (Å²) in [6, 6.07) is 19.5. The van der Waals surface area contributed by atoms with E-state index in [-0.39, 0.29) is 18.1 Å². The minimum Gasteiger partial charge on any atom is -0.473 e. The third-order valence-electron chi connectivity index (χ3n) is 3.77. The molecule has 28 heavy (non-hydrogen) atoms. The van der Waals surface area contributed by atoms with Crippen LogP contribution in [0.2, 0.25) is 0 Å². The molecule has 1 amide bonds. The molecule has 0 aliphatic heterocycles. The van der Waals surface area contributed by atoms with Crippen molar-refractivity contribution in [2.45, 2.75) is 33.4 Å². The van der Waals surface area contributed by atoms with E-state index in [2.05, 4.69) is 10.3 Å². The summed E-state index contributed by atoms with van der Waals surface area (Å²) >= 11 is 0. The number of ether oxygens (including phenoxy) is 1. The zero-order chi connectivity index (χ0) is 20.2. The quantitative estimate of drug-likeness (QED) is 0.647. The maximum absolute atomic E-state index is 13.2. The highest BCUT2D eigenvalue weighted by atomic mass is 19.1. The first-order valence-corrected chi connectivity index (χ1v) is 9.32. The van der Waals surface area contributed by atoms with E-state index < -0.39 is 0 Å². The predicted octanol–water partition coefficient (Wildman–Crippen LogP) is 4.68. The number of pyridine rings is 1. The number of nitrogens with one attached hydrogen (secondary N) is 1. The van der Waals surface area contributed by atoms with Gasteiger partial charge in [-0.1, -0.05) is 56.3 Å². The molecule has 0 atom stereocenters. The molecule has 1 aromatic heterocycles. The minimum absolute atomic E-state index is 0.139. The summed E-state index contributed by atoms with van der Waals surface area (Å²) < 4.78 is 18.8. The average molecular weight is 380 g/mol. The number of rotatable bonds is 7. The van der Waals surface area contributed by atoms with Crippen LogP contribution in [0.15, 0.2) is 72.9 Å². The highest BCUT2D eigenvalue weighted by Gasteiger charge is 2.05. The maximum atomic E-state index is 13.2. The Labute approximate surface area is 165 Å². The third kappa shape index (κ3) is 7.19. The summed E-state index contributed by atoms with van der Waals surface area (Å²) in [6.45, 7) is 4.79. The zero-order valence-electron chi connectivity index (χ0n) is 16.2. The smallest absolute Gasteiger partial charge is 0.224 e. The van der Waals surface area contributed by atoms with Gasteiger partial charge in [-0.25, -0.2) is 9.37 Å². The van der Waals surface area contributed by atoms with Crippen LogP contribution >= 0.6 is 0 Å². The minimum atomic E-state index is -0.343. The van der Waals surface area contributed by atoms with Crippen LogP contribution < -0.4 is 10.1 Å². The second-order valence-corrected chi connectivity index (χ2v) is 5.86.